The second-order valence-electron chi connectivity index (χ2n) is 9.72. The maximum absolute atomic E-state index is 12.8. The van der Waals surface area contributed by atoms with Gasteiger partial charge in [-0.25, -0.2) is 4.98 Å². The number of esters is 1. The first-order valence-electron chi connectivity index (χ1n) is 13.5. The quantitative estimate of drug-likeness (QED) is 0.215. The van der Waals surface area contributed by atoms with Crippen LogP contribution in [0.3, 0.4) is 0 Å². The molecule has 1 aromatic heterocycles. The average molecular weight is 543 g/mol. The van der Waals surface area contributed by atoms with Crippen LogP contribution in [0, 0.1) is 11.3 Å². The lowest BCUT2D eigenvalue weighted by molar-refractivity contribution is -0.140. The molecule has 5 rings (SSSR count). The predicted octanol–water partition coefficient (Wildman–Crippen LogP) is 6.09. The van der Waals surface area contributed by atoms with Gasteiger partial charge in [0.05, 0.1) is 36.2 Å². The highest BCUT2D eigenvalue weighted by Gasteiger charge is 2.19. The Morgan fingerprint density at radius 2 is 1.59 bits per heavy atom. The van der Waals surface area contributed by atoms with Crippen molar-refractivity contribution in [2.45, 2.75) is 25.3 Å². The molecule has 0 fully saturated rings. The SMILES string of the molecule is COC(=O)CCNC(=O)c1ccc2c(c1)nc(-c1ccc(C#N)cc1)n2CCC(c1ccccc1)c1ccccc1. The van der Waals surface area contributed by atoms with E-state index in [4.69, 9.17) is 4.98 Å². The van der Waals surface area contributed by atoms with Crippen molar-refractivity contribution in [1.82, 2.24) is 14.9 Å². The molecule has 41 heavy (non-hydrogen) atoms. The summed E-state index contributed by atoms with van der Waals surface area (Å²) < 4.78 is 6.83. The van der Waals surface area contributed by atoms with Gasteiger partial charge < -0.3 is 14.6 Å². The van der Waals surface area contributed by atoms with E-state index < -0.39 is 0 Å². The fourth-order valence-electron chi connectivity index (χ4n) is 5.05. The summed E-state index contributed by atoms with van der Waals surface area (Å²) in [5, 5.41) is 12.1. The number of nitrogens with one attached hydrogen (secondary N) is 1. The summed E-state index contributed by atoms with van der Waals surface area (Å²) in [6.45, 7) is 0.875. The molecule has 0 saturated carbocycles. The lowest BCUT2D eigenvalue weighted by atomic mass is 9.88. The van der Waals surface area contributed by atoms with E-state index in [0.717, 1.165) is 23.3 Å². The number of rotatable bonds is 10. The van der Waals surface area contributed by atoms with Gasteiger partial charge in [0.1, 0.15) is 5.82 Å². The third kappa shape index (κ3) is 6.34. The molecule has 0 atom stereocenters. The number of aromatic nitrogens is 2. The predicted molar refractivity (Wildman–Crippen MR) is 158 cm³/mol. The summed E-state index contributed by atoms with van der Waals surface area (Å²) >= 11 is 0. The fraction of sp³-hybridized carbons (Fsp3) is 0.176. The van der Waals surface area contributed by atoms with Crippen LogP contribution >= 0.6 is 0 Å². The van der Waals surface area contributed by atoms with Crippen LogP contribution in [0.2, 0.25) is 0 Å². The van der Waals surface area contributed by atoms with Gasteiger partial charge in [0, 0.05) is 30.1 Å². The summed E-state index contributed by atoms with van der Waals surface area (Å²) in [6, 6.07) is 36.0. The van der Waals surface area contributed by atoms with E-state index in [2.05, 4.69) is 69.2 Å². The lowest BCUT2D eigenvalue weighted by Gasteiger charge is -2.20. The molecule has 204 valence electrons. The van der Waals surface area contributed by atoms with Crippen molar-refractivity contribution in [3.63, 3.8) is 0 Å². The van der Waals surface area contributed by atoms with Crippen LogP contribution < -0.4 is 5.32 Å². The van der Waals surface area contributed by atoms with Crippen molar-refractivity contribution in [2.24, 2.45) is 0 Å². The van der Waals surface area contributed by atoms with Crippen molar-refractivity contribution in [3.05, 3.63) is 125 Å². The van der Waals surface area contributed by atoms with Crippen molar-refractivity contribution in [3.8, 4) is 17.5 Å². The Hall–Kier alpha value is -5.22. The molecule has 0 spiro atoms. The Labute approximate surface area is 239 Å². The number of hydrogen-bond donors (Lipinski definition) is 1. The Morgan fingerprint density at radius 1 is 0.927 bits per heavy atom. The highest BCUT2D eigenvalue weighted by molar-refractivity contribution is 5.98. The maximum atomic E-state index is 12.8. The van der Waals surface area contributed by atoms with Crippen LogP contribution in [-0.4, -0.2) is 35.1 Å². The highest BCUT2D eigenvalue weighted by Crippen LogP contribution is 2.32. The first-order valence-corrected chi connectivity index (χ1v) is 13.5. The first-order chi connectivity index (χ1) is 20.1. The van der Waals surface area contributed by atoms with Gasteiger partial charge in [0.25, 0.3) is 5.91 Å². The van der Waals surface area contributed by atoms with Gasteiger partial charge in [0.15, 0.2) is 0 Å². The minimum atomic E-state index is -0.379. The lowest BCUT2D eigenvalue weighted by Crippen LogP contribution is -2.26. The molecule has 0 aliphatic rings. The molecule has 1 amide bonds. The van der Waals surface area contributed by atoms with Crippen LogP contribution in [-0.2, 0) is 16.1 Å². The molecule has 0 bridgehead atoms. The molecule has 7 heteroatoms. The third-order valence-corrected chi connectivity index (χ3v) is 7.17. The second-order valence-corrected chi connectivity index (χ2v) is 9.72. The number of benzene rings is 4. The molecule has 4 aromatic carbocycles. The molecule has 0 saturated heterocycles. The number of nitriles is 1. The molecule has 0 unspecified atom stereocenters. The van der Waals surface area contributed by atoms with Crippen LogP contribution in [0.25, 0.3) is 22.4 Å². The number of carbonyl (C=O) groups is 2. The molecule has 0 aliphatic carbocycles. The number of methoxy groups -OCH3 is 1. The standard InChI is InChI=1S/C34H30N4O3/c1-41-32(39)18-20-36-34(40)28-16-17-31-30(22-28)37-33(27-14-12-24(23-35)13-15-27)38(31)21-19-29(25-8-4-2-5-9-25)26-10-6-3-7-11-26/h2-17,22,29H,18-21H2,1H3,(H,36,40). The average Bonchev–Trinajstić information content (AvgIpc) is 3.39. The van der Waals surface area contributed by atoms with Crippen LogP contribution in [0.15, 0.2) is 103 Å². The van der Waals surface area contributed by atoms with E-state index in [1.807, 2.05) is 30.3 Å². The Morgan fingerprint density at radius 3 is 2.20 bits per heavy atom. The molecule has 0 radical (unpaired) electrons. The minimum absolute atomic E-state index is 0.103. The van der Waals surface area contributed by atoms with E-state index in [9.17, 15) is 14.9 Å². The number of carbonyl (C=O) groups excluding carboxylic acids is 2. The van der Waals surface area contributed by atoms with Gasteiger partial charge in [-0.05, 0) is 60.0 Å². The van der Waals surface area contributed by atoms with Crippen molar-refractivity contribution >= 4 is 22.9 Å². The van der Waals surface area contributed by atoms with Gasteiger partial charge in [0.2, 0.25) is 0 Å². The normalized spacial score (nSPS) is 10.9. The summed E-state index contributed by atoms with van der Waals surface area (Å²) in [5.41, 5.74) is 6.03. The number of aryl methyl sites for hydroxylation is 1. The zero-order valence-corrected chi connectivity index (χ0v) is 22.8. The summed E-state index contributed by atoms with van der Waals surface area (Å²) in [5.74, 6) is 0.297. The van der Waals surface area contributed by atoms with Gasteiger partial charge in [-0.15, -0.1) is 0 Å². The van der Waals surface area contributed by atoms with E-state index in [-0.39, 0.29) is 30.8 Å². The van der Waals surface area contributed by atoms with E-state index >= 15 is 0 Å². The Balaban J connectivity index is 1.50. The summed E-state index contributed by atoms with van der Waals surface area (Å²) in [7, 11) is 1.32. The number of imidazole rings is 1. The molecular formula is C34H30N4O3. The topological polar surface area (TPSA) is 97.0 Å². The smallest absolute Gasteiger partial charge is 0.307 e. The van der Waals surface area contributed by atoms with E-state index in [0.29, 0.717) is 23.2 Å². The van der Waals surface area contributed by atoms with E-state index in [1.54, 1.807) is 24.3 Å². The summed E-state index contributed by atoms with van der Waals surface area (Å²) in [6.07, 6.45) is 0.935. The van der Waals surface area contributed by atoms with Crippen LogP contribution in [0.5, 0.6) is 0 Å². The number of nitrogens with zero attached hydrogens (tertiary/aromatic N) is 3. The van der Waals surface area contributed by atoms with Crippen LogP contribution in [0.4, 0.5) is 0 Å². The Kier molecular flexibility index (Phi) is 8.51. The van der Waals surface area contributed by atoms with Crippen LogP contribution in [0.1, 0.15) is 45.8 Å². The third-order valence-electron chi connectivity index (χ3n) is 7.17. The summed E-state index contributed by atoms with van der Waals surface area (Å²) in [4.78, 5) is 29.1. The number of fused-ring (bicyclic) bond motifs is 1. The van der Waals surface area contributed by atoms with Gasteiger partial charge in [-0.3, -0.25) is 9.59 Å². The number of hydrogen-bond acceptors (Lipinski definition) is 5. The van der Waals surface area contributed by atoms with Crippen molar-refractivity contribution < 1.29 is 14.3 Å². The maximum Gasteiger partial charge on any atom is 0.307 e. The molecule has 7 nitrogen and oxygen atoms in total. The molecular weight excluding hydrogens is 512 g/mol. The Bertz CT molecular complexity index is 1650. The zero-order chi connectivity index (χ0) is 28.6. The number of ether oxygens (including phenoxy) is 1. The van der Waals surface area contributed by atoms with E-state index in [1.165, 1.54) is 18.2 Å². The fourth-order valence-corrected chi connectivity index (χ4v) is 5.05. The molecule has 0 aliphatic heterocycles. The van der Waals surface area contributed by atoms with Gasteiger partial charge in [-0.1, -0.05) is 60.7 Å². The molecule has 5 aromatic rings. The highest BCUT2D eigenvalue weighted by atomic mass is 16.5. The first kappa shape index (κ1) is 27.4. The minimum Gasteiger partial charge on any atom is -0.469 e. The zero-order valence-electron chi connectivity index (χ0n) is 22.8. The van der Waals surface area contributed by atoms with Gasteiger partial charge in [-0.2, -0.15) is 5.26 Å². The monoisotopic (exact) mass is 542 g/mol. The largest absolute Gasteiger partial charge is 0.469 e. The molecule has 1 heterocycles. The van der Waals surface area contributed by atoms with Gasteiger partial charge >= 0.3 is 5.97 Å². The second kappa shape index (κ2) is 12.8. The number of amides is 1. The van der Waals surface area contributed by atoms with Crippen molar-refractivity contribution in [2.75, 3.05) is 13.7 Å². The van der Waals surface area contributed by atoms with Crippen molar-refractivity contribution in [1.29, 1.82) is 5.26 Å². The molecule has 1 N–H and O–H groups in total.